The number of carbonyl (C=O) groups is 4. The van der Waals surface area contributed by atoms with Gasteiger partial charge in [0.25, 0.3) is 0 Å². The molecule has 8 saturated carbocycles. The molecule has 4 N–H and O–H groups in total. The Kier molecular flexibility index (Phi) is 9.81. The van der Waals surface area contributed by atoms with E-state index in [9.17, 15) is 39.6 Å². The molecule has 0 amide bonds. The molecule has 6 aromatic carbocycles. The molecule has 71 heavy (non-hydrogen) atoms. The smallest absolute Gasteiger partial charge is 0.336 e. The van der Waals surface area contributed by atoms with Crippen LogP contribution in [0.1, 0.15) is 152 Å². The van der Waals surface area contributed by atoms with Gasteiger partial charge in [0.1, 0.15) is 23.0 Å². The summed E-state index contributed by atoms with van der Waals surface area (Å²) in [6.45, 7) is 0. The Morgan fingerprint density at radius 2 is 0.648 bits per heavy atom. The molecular weight excluding hydrogens is 893 g/mol. The minimum Gasteiger partial charge on any atom is -0.478 e. The Morgan fingerprint density at radius 1 is 0.352 bits per heavy atom. The van der Waals surface area contributed by atoms with E-state index >= 15 is 0 Å². The summed E-state index contributed by atoms with van der Waals surface area (Å²) in [5.41, 5.74) is 7.79. The van der Waals surface area contributed by atoms with E-state index in [1.165, 1.54) is 147 Å². The predicted molar refractivity (Wildman–Crippen MR) is 264 cm³/mol. The highest BCUT2D eigenvalue weighted by Crippen LogP contribution is 2.65. The van der Waals surface area contributed by atoms with Gasteiger partial charge in [0.05, 0.1) is 27.7 Å². The second-order valence-electron chi connectivity index (χ2n) is 22.6. The van der Waals surface area contributed by atoms with Crippen LogP contribution in [0, 0.1) is 35.5 Å². The Labute approximate surface area is 411 Å². The normalized spacial score (nSPS) is 27.7. The van der Waals surface area contributed by atoms with E-state index in [1.54, 1.807) is 0 Å². The number of fused-ring (bicyclic) bond motifs is 3. The van der Waals surface area contributed by atoms with Gasteiger partial charge in [-0.3, -0.25) is 0 Å². The zero-order valence-corrected chi connectivity index (χ0v) is 39.2. The van der Waals surface area contributed by atoms with Gasteiger partial charge in [-0.1, -0.05) is 60.7 Å². The lowest BCUT2D eigenvalue weighted by molar-refractivity contribution is -0.00530. The minimum atomic E-state index is -1.36. The SMILES string of the molecule is O=C(O)c1ccc(Oc2ccc(C3(c4ccc(Oc5ccc(C(=O)O)c(C(=O)O)c5)cc4)c4cc(C56CC7CC(CC(C7)C5)C6)ccc4-c4ccc(C56CC7CC(CC(C7)C5)C6)cc43)cc2)cc1C(=O)O. The van der Waals surface area contributed by atoms with Crippen molar-refractivity contribution in [3.63, 3.8) is 0 Å². The van der Waals surface area contributed by atoms with Crippen molar-refractivity contribution in [2.24, 2.45) is 35.5 Å². The van der Waals surface area contributed by atoms with Crippen molar-refractivity contribution in [2.45, 2.75) is 93.3 Å². The van der Waals surface area contributed by atoms with Crippen molar-refractivity contribution in [2.75, 3.05) is 0 Å². The van der Waals surface area contributed by atoms with Gasteiger partial charge in [-0.2, -0.15) is 0 Å². The predicted octanol–water partition coefficient (Wildman–Crippen LogP) is 13.4. The summed E-state index contributed by atoms with van der Waals surface area (Å²) in [6.07, 6.45) is 15.4. The van der Waals surface area contributed by atoms with Gasteiger partial charge in [-0.15, -0.1) is 0 Å². The fourth-order valence-electron chi connectivity index (χ4n) is 16.4. The number of hydrogen-bond acceptors (Lipinski definition) is 6. The molecule has 0 saturated heterocycles. The first kappa shape index (κ1) is 43.8. The molecular formula is C61H54O10. The highest BCUT2D eigenvalue weighted by atomic mass is 16.5. The van der Waals surface area contributed by atoms with Crippen LogP contribution in [0.25, 0.3) is 11.1 Å². The molecule has 0 unspecified atom stereocenters. The number of hydrogen-bond donors (Lipinski definition) is 4. The van der Waals surface area contributed by atoms with E-state index in [2.05, 4.69) is 60.7 Å². The lowest BCUT2D eigenvalue weighted by atomic mass is 9.47. The third-order valence-electron chi connectivity index (χ3n) is 18.4. The van der Waals surface area contributed by atoms with Crippen LogP contribution in [0.2, 0.25) is 0 Å². The van der Waals surface area contributed by atoms with Gasteiger partial charge in [0.15, 0.2) is 0 Å². The molecule has 0 aliphatic heterocycles. The maximum absolute atomic E-state index is 12.1. The van der Waals surface area contributed by atoms with Gasteiger partial charge < -0.3 is 29.9 Å². The molecule has 0 atom stereocenters. The fraction of sp³-hybridized carbons (Fsp3) is 0.344. The molecule has 0 heterocycles. The summed E-state index contributed by atoms with van der Waals surface area (Å²) in [6, 6.07) is 38.8. The molecule has 358 valence electrons. The van der Waals surface area contributed by atoms with Crippen molar-refractivity contribution in [3.05, 3.63) is 177 Å². The van der Waals surface area contributed by atoms with Crippen molar-refractivity contribution in [1.82, 2.24) is 0 Å². The van der Waals surface area contributed by atoms with Gasteiger partial charge in [0.2, 0.25) is 0 Å². The summed E-state index contributed by atoms with van der Waals surface area (Å²) < 4.78 is 12.6. The van der Waals surface area contributed by atoms with Crippen LogP contribution in [-0.2, 0) is 16.2 Å². The Morgan fingerprint density at radius 3 is 0.958 bits per heavy atom. The van der Waals surface area contributed by atoms with Crippen LogP contribution < -0.4 is 9.47 Å². The van der Waals surface area contributed by atoms with Crippen LogP contribution in [-0.4, -0.2) is 44.3 Å². The number of carboxylic acids is 4. The first-order valence-electron chi connectivity index (χ1n) is 25.3. The molecule has 0 radical (unpaired) electrons. The van der Waals surface area contributed by atoms with Crippen molar-refractivity contribution < 1.29 is 49.1 Å². The molecule has 6 aromatic rings. The topological polar surface area (TPSA) is 168 Å². The number of rotatable bonds is 12. The summed E-state index contributed by atoms with van der Waals surface area (Å²) in [5, 5.41) is 39.1. The van der Waals surface area contributed by atoms with Gasteiger partial charge >= 0.3 is 23.9 Å². The van der Waals surface area contributed by atoms with Crippen molar-refractivity contribution in [3.8, 4) is 34.1 Å². The van der Waals surface area contributed by atoms with Crippen LogP contribution in [0.4, 0.5) is 0 Å². The van der Waals surface area contributed by atoms with Crippen molar-refractivity contribution in [1.29, 1.82) is 0 Å². The summed E-state index contributed by atoms with van der Waals surface area (Å²) >= 11 is 0. The molecule has 8 fully saturated rings. The average Bonchev–Trinajstić information content (AvgIpc) is 3.64. The molecule has 9 aliphatic carbocycles. The van der Waals surface area contributed by atoms with E-state index in [1.807, 2.05) is 24.3 Å². The molecule has 8 bridgehead atoms. The third-order valence-corrected chi connectivity index (χ3v) is 18.4. The maximum atomic E-state index is 12.1. The fourth-order valence-corrected chi connectivity index (χ4v) is 16.4. The Bertz CT molecular complexity index is 2950. The quantitative estimate of drug-likeness (QED) is 0.0925. The minimum absolute atomic E-state index is 0.125. The summed E-state index contributed by atoms with van der Waals surface area (Å²) in [5.74, 6) is 0.522. The third kappa shape index (κ3) is 6.95. The van der Waals surface area contributed by atoms with Crippen LogP contribution in [0.5, 0.6) is 23.0 Å². The zero-order valence-electron chi connectivity index (χ0n) is 39.2. The standard InChI is InChI=1S/C61H54O10/c62-55(63)49-15-11-45(25-51(49)57(66)67)70-43-7-1-39(2-8-43)61(40-3-9-44(10-4-40)71-46-12-16-50(56(64)65)52(26-46)58(68)69)53-23-41(59-27-33-17-34(28-59)19-35(18-33)29-59)5-13-47(53)48-14-6-42(24-54(48)61)60-30-36-20-37(31-60)22-38(21-36)32-60/h1-16,23-26,33-38H,17-22,27-32H2,(H,62,63)(H,64,65)(H,66,67)(H,68,69). The number of carboxylic acid groups (broad SMARTS) is 4. The van der Waals surface area contributed by atoms with Gasteiger partial charge in [-0.25, -0.2) is 19.2 Å². The van der Waals surface area contributed by atoms with Crippen LogP contribution >= 0.6 is 0 Å². The molecule has 0 aromatic heterocycles. The van der Waals surface area contributed by atoms with E-state index in [4.69, 9.17) is 9.47 Å². The zero-order chi connectivity index (χ0) is 48.6. The molecule has 0 spiro atoms. The summed E-state index contributed by atoms with van der Waals surface area (Å²) in [4.78, 5) is 47.9. The highest BCUT2D eigenvalue weighted by molar-refractivity contribution is 6.03. The Hall–Kier alpha value is -7.20. The van der Waals surface area contributed by atoms with E-state index in [-0.39, 0.29) is 44.6 Å². The number of ether oxygens (including phenoxy) is 2. The molecule has 10 heteroatoms. The van der Waals surface area contributed by atoms with E-state index < -0.39 is 29.3 Å². The highest BCUT2D eigenvalue weighted by Gasteiger charge is 2.55. The van der Waals surface area contributed by atoms with Crippen molar-refractivity contribution >= 4 is 23.9 Å². The molecule has 9 aliphatic rings. The van der Waals surface area contributed by atoms with Crippen LogP contribution in [0.3, 0.4) is 0 Å². The second kappa shape index (κ2) is 15.9. The van der Waals surface area contributed by atoms with E-state index in [0.29, 0.717) is 11.5 Å². The number of benzene rings is 6. The van der Waals surface area contributed by atoms with E-state index in [0.717, 1.165) is 46.6 Å². The van der Waals surface area contributed by atoms with Gasteiger partial charge in [0, 0.05) is 0 Å². The lowest BCUT2D eigenvalue weighted by Gasteiger charge is -2.57. The largest absolute Gasteiger partial charge is 0.478 e. The molecule has 15 rings (SSSR count). The number of aromatic carboxylic acids is 4. The van der Waals surface area contributed by atoms with Crippen LogP contribution in [0.15, 0.2) is 121 Å². The van der Waals surface area contributed by atoms with Gasteiger partial charge in [-0.05, 0) is 229 Å². The Balaban J connectivity index is 0.983. The second-order valence-corrected chi connectivity index (χ2v) is 22.6. The summed E-state index contributed by atoms with van der Waals surface area (Å²) in [7, 11) is 0. The maximum Gasteiger partial charge on any atom is 0.336 e. The lowest BCUT2D eigenvalue weighted by Crippen LogP contribution is -2.48. The molecule has 10 nitrogen and oxygen atoms in total. The average molecular weight is 947 g/mol. The first-order chi connectivity index (χ1) is 34.3. The first-order valence-corrected chi connectivity index (χ1v) is 25.3. The monoisotopic (exact) mass is 946 g/mol.